The highest BCUT2D eigenvalue weighted by Crippen LogP contribution is 2.38. The van der Waals surface area contributed by atoms with Crippen molar-refractivity contribution in [3.8, 4) is 0 Å². The van der Waals surface area contributed by atoms with Crippen LogP contribution in [0.4, 0.5) is 5.69 Å². The van der Waals surface area contributed by atoms with Crippen LogP contribution in [0.3, 0.4) is 0 Å². The van der Waals surface area contributed by atoms with Crippen LogP contribution in [0.2, 0.25) is 0 Å². The van der Waals surface area contributed by atoms with Gasteiger partial charge < -0.3 is 0 Å². The zero-order valence-corrected chi connectivity index (χ0v) is 13.4. The van der Waals surface area contributed by atoms with Crippen molar-refractivity contribution in [1.82, 2.24) is 4.90 Å². The van der Waals surface area contributed by atoms with E-state index in [2.05, 4.69) is 31.0 Å². The lowest BCUT2D eigenvalue weighted by atomic mass is 9.79. The normalized spacial score (nSPS) is 20.8. The molecule has 0 saturated heterocycles. The number of nitrogens with zero attached hydrogens (tertiary/aromatic N) is 2. The summed E-state index contributed by atoms with van der Waals surface area (Å²) in [4.78, 5) is 13.1. The van der Waals surface area contributed by atoms with Crippen LogP contribution in [0, 0.1) is 10.1 Å². The second-order valence-corrected chi connectivity index (χ2v) is 5.68. The van der Waals surface area contributed by atoms with Gasteiger partial charge in [0.1, 0.15) is 0 Å². The highest BCUT2D eigenvalue weighted by molar-refractivity contribution is 5.85. The molecule has 116 valence electrons. The summed E-state index contributed by atoms with van der Waals surface area (Å²) in [6, 6.07) is 15.8. The molecule has 0 saturated carbocycles. The van der Waals surface area contributed by atoms with Gasteiger partial charge in [0.05, 0.1) is 4.92 Å². The molecule has 0 amide bonds. The minimum atomic E-state index is -0.314. The van der Waals surface area contributed by atoms with E-state index in [4.69, 9.17) is 0 Å². The standard InChI is InChI=1S/C17H18N2O2.ClH/c1-12-17(13-6-4-3-5-7-13)16-10-15(19(20)21)9-8-14(16)11-18(12)2;/h3-10,12,17H,11H2,1-2H3;1H/t12-,17?;/m0./s1. The molecule has 4 nitrogen and oxygen atoms in total. The molecule has 1 unspecified atom stereocenters. The van der Waals surface area contributed by atoms with Crippen molar-refractivity contribution in [3.63, 3.8) is 0 Å². The SMILES string of the molecule is C[C@H]1C(c2ccccc2)c2cc([N+](=O)[O-])ccc2CN1C.Cl. The quantitative estimate of drug-likeness (QED) is 0.621. The van der Waals surface area contributed by atoms with E-state index in [1.165, 1.54) is 11.1 Å². The van der Waals surface area contributed by atoms with E-state index < -0.39 is 0 Å². The van der Waals surface area contributed by atoms with E-state index in [0.717, 1.165) is 12.1 Å². The second kappa shape index (κ2) is 6.46. The van der Waals surface area contributed by atoms with Crippen LogP contribution in [0.1, 0.15) is 29.5 Å². The predicted molar refractivity (Wildman–Crippen MR) is 89.6 cm³/mol. The van der Waals surface area contributed by atoms with Gasteiger partial charge in [0.25, 0.3) is 5.69 Å². The van der Waals surface area contributed by atoms with Gasteiger partial charge in [-0.3, -0.25) is 15.0 Å². The first kappa shape index (κ1) is 16.5. The van der Waals surface area contributed by atoms with Gasteiger partial charge in [-0.05, 0) is 30.7 Å². The molecule has 1 heterocycles. The average Bonchev–Trinajstić information content (AvgIpc) is 2.49. The molecule has 2 aromatic rings. The molecule has 5 heteroatoms. The number of hydrogen-bond acceptors (Lipinski definition) is 3. The molecule has 22 heavy (non-hydrogen) atoms. The van der Waals surface area contributed by atoms with Crippen LogP contribution in [-0.2, 0) is 6.54 Å². The fourth-order valence-electron chi connectivity index (χ4n) is 3.17. The van der Waals surface area contributed by atoms with Gasteiger partial charge in [0.2, 0.25) is 0 Å². The Morgan fingerprint density at radius 3 is 2.50 bits per heavy atom. The van der Waals surface area contributed by atoms with E-state index in [0.29, 0.717) is 6.04 Å². The van der Waals surface area contributed by atoms with Crippen LogP contribution in [0.25, 0.3) is 0 Å². The lowest BCUT2D eigenvalue weighted by molar-refractivity contribution is -0.385. The minimum Gasteiger partial charge on any atom is -0.298 e. The summed E-state index contributed by atoms with van der Waals surface area (Å²) < 4.78 is 0. The predicted octanol–water partition coefficient (Wildman–Crippen LogP) is 3.98. The zero-order valence-electron chi connectivity index (χ0n) is 12.6. The summed E-state index contributed by atoms with van der Waals surface area (Å²) in [7, 11) is 2.10. The summed E-state index contributed by atoms with van der Waals surface area (Å²) in [5, 5.41) is 11.1. The Kier molecular flexibility index (Phi) is 4.84. The van der Waals surface area contributed by atoms with Crippen LogP contribution < -0.4 is 0 Å². The van der Waals surface area contributed by atoms with Crippen LogP contribution in [0.5, 0.6) is 0 Å². The Labute approximate surface area is 136 Å². The molecule has 1 aliphatic heterocycles. The van der Waals surface area contributed by atoms with E-state index in [9.17, 15) is 10.1 Å². The topological polar surface area (TPSA) is 46.4 Å². The molecular formula is C17H19ClN2O2. The second-order valence-electron chi connectivity index (χ2n) is 5.68. The van der Waals surface area contributed by atoms with E-state index >= 15 is 0 Å². The maximum Gasteiger partial charge on any atom is 0.269 e. The van der Waals surface area contributed by atoms with Gasteiger partial charge >= 0.3 is 0 Å². The molecule has 0 N–H and O–H groups in total. The van der Waals surface area contributed by atoms with Crippen LogP contribution >= 0.6 is 12.4 Å². The molecule has 2 atom stereocenters. The number of non-ortho nitro benzene ring substituents is 1. The Morgan fingerprint density at radius 1 is 1.18 bits per heavy atom. The highest BCUT2D eigenvalue weighted by atomic mass is 35.5. The van der Waals surface area contributed by atoms with Gasteiger partial charge in [-0.1, -0.05) is 36.4 Å². The third kappa shape index (κ3) is 2.85. The van der Waals surface area contributed by atoms with E-state index in [-0.39, 0.29) is 28.9 Å². The molecule has 1 aliphatic rings. The third-order valence-corrected chi connectivity index (χ3v) is 4.43. The van der Waals surface area contributed by atoms with Gasteiger partial charge in [0, 0.05) is 30.6 Å². The van der Waals surface area contributed by atoms with Crippen molar-refractivity contribution in [3.05, 3.63) is 75.3 Å². The number of benzene rings is 2. The first-order chi connectivity index (χ1) is 10.1. The number of likely N-dealkylation sites (N-methyl/N-ethyl adjacent to an activating group) is 1. The van der Waals surface area contributed by atoms with Crippen molar-refractivity contribution in [2.24, 2.45) is 0 Å². The molecule has 0 aromatic heterocycles. The number of halogens is 1. The lowest BCUT2D eigenvalue weighted by Crippen LogP contribution is -2.39. The molecular weight excluding hydrogens is 300 g/mol. The number of nitro groups is 1. The average molecular weight is 319 g/mol. The molecule has 3 rings (SSSR count). The van der Waals surface area contributed by atoms with Crippen molar-refractivity contribution < 1.29 is 4.92 Å². The first-order valence-electron chi connectivity index (χ1n) is 7.10. The van der Waals surface area contributed by atoms with Crippen LogP contribution in [0.15, 0.2) is 48.5 Å². The molecule has 2 aromatic carbocycles. The smallest absolute Gasteiger partial charge is 0.269 e. The third-order valence-electron chi connectivity index (χ3n) is 4.43. The van der Waals surface area contributed by atoms with E-state index in [1.807, 2.05) is 24.3 Å². The minimum absolute atomic E-state index is 0. The fraction of sp³-hybridized carbons (Fsp3) is 0.294. The van der Waals surface area contributed by atoms with Crippen molar-refractivity contribution in [2.45, 2.75) is 25.4 Å². The Morgan fingerprint density at radius 2 is 1.86 bits per heavy atom. The maximum atomic E-state index is 11.1. The fourth-order valence-corrected chi connectivity index (χ4v) is 3.17. The summed E-state index contributed by atoms with van der Waals surface area (Å²) >= 11 is 0. The van der Waals surface area contributed by atoms with Crippen molar-refractivity contribution in [2.75, 3.05) is 7.05 Å². The zero-order chi connectivity index (χ0) is 15.0. The number of rotatable bonds is 2. The number of fused-ring (bicyclic) bond motifs is 1. The summed E-state index contributed by atoms with van der Waals surface area (Å²) in [6.45, 7) is 3.01. The van der Waals surface area contributed by atoms with Gasteiger partial charge in [0.15, 0.2) is 0 Å². The van der Waals surface area contributed by atoms with Gasteiger partial charge in [-0.15, -0.1) is 12.4 Å². The molecule has 0 fully saturated rings. The summed E-state index contributed by atoms with van der Waals surface area (Å²) in [5.74, 6) is 0.167. The Bertz CT molecular complexity index is 676. The molecule has 0 spiro atoms. The summed E-state index contributed by atoms with van der Waals surface area (Å²) in [5.41, 5.74) is 3.64. The lowest BCUT2D eigenvalue weighted by Gasteiger charge is -2.38. The Hall–Kier alpha value is -1.91. The molecule has 0 bridgehead atoms. The van der Waals surface area contributed by atoms with Crippen LogP contribution in [-0.4, -0.2) is 22.9 Å². The first-order valence-corrected chi connectivity index (χ1v) is 7.10. The maximum absolute atomic E-state index is 11.1. The largest absolute Gasteiger partial charge is 0.298 e. The van der Waals surface area contributed by atoms with Crippen molar-refractivity contribution >= 4 is 18.1 Å². The van der Waals surface area contributed by atoms with Gasteiger partial charge in [-0.25, -0.2) is 0 Å². The monoisotopic (exact) mass is 318 g/mol. The number of nitro benzene ring substituents is 1. The van der Waals surface area contributed by atoms with Gasteiger partial charge in [-0.2, -0.15) is 0 Å². The number of hydrogen-bond donors (Lipinski definition) is 0. The highest BCUT2D eigenvalue weighted by Gasteiger charge is 2.32. The van der Waals surface area contributed by atoms with Crippen molar-refractivity contribution in [1.29, 1.82) is 0 Å². The molecule has 0 aliphatic carbocycles. The van der Waals surface area contributed by atoms with E-state index in [1.54, 1.807) is 12.1 Å². The Balaban J connectivity index is 0.00000176. The molecule has 0 radical (unpaired) electrons. The summed E-state index contributed by atoms with van der Waals surface area (Å²) in [6.07, 6.45) is 0.